The maximum atomic E-state index is 5.86. The molecule has 2 aliphatic heterocycles. The lowest BCUT2D eigenvalue weighted by atomic mass is 9.90. The van der Waals surface area contributed by atoms with E-state index >= 15 is 0 Å². The standard InChI is InChI=1S/C23H23N3OS/c1-3-16-14-28-23-25-21(18-10-6-7-13-24-18)22(26(16)23)20-17-9-5-4-8-15(17)11-12-19(20)27-2/h4-13,16,21-22H,3,14H2,1-2H3/t16-,21+,22+/m0/s1. The molecule has 0 aliphatic carbocycles. The largest absolute Gasteiger partial charge is 0.496 e. The molecule has 0 amide bonds. The fourth-order valence-electron chi connectivity index (χ4n) is 4.42. The molecule has 0 bridgehead atoms. The molecule has 3 atom stereocenters. The van der Waals surface area contributed by atoms with E-state index in [1.54, 1.807) is 7.11 Å². The third-order valence-corrected chi connectivity index (χ3v) is 6.90. The van der Waals surface area contributed by atoms with Gasteiger partial charge in [-0.1, -0.05) is 55.1 Å². The first-order valence-corrected chi connectivity index (χ1v) is 10.8. The lowest BCUT2D eigenvalue weighted by Gasteiger charge is -2.33. The highest BCUT2D eigenvalue weighted by Gasteiger charge is 2.46. The van der Waals surface area contributed by atoms with Gasteiger partial charge in [-0.25, -0.2) is 0 Å². The van der Waals surface area contributed by atoms with Gasteiger partial charge in [0.15, 0.2) is 5.17 Å². The summed E-state index contributed by atoms with van der Waals surface area (Å²) in [7, 11) is 1.76. The van der Waals surface area contributed by atoms with E-state index in [2.05, 4.69) is 59.3 Å². The van der Waals surface area contributed by atoms with Crippen LogP contribution in [-0.2, 0) is 0 Å². The van der Waals surface area contributed by atoms with Crippen molar-refractivity contribution in [3.63, 3.8) is 0 Å². The first-order chi connectivity index (χ1) is 13.8. The molecule has 28 heavy (non-hydrogen) atoms. The fourth-order valence-corrected chi connectivity index (χ4v) is 5.76. The van der Waals surface area contributed by atoms with Crippen molar-refractivity contribution >= 4 is 27.7 Å². The lowest BCUT2D eigenvalue weighted by Crippen LogP contribution is -2.35. The van der Waals surface area contributed by atoms with E-state index in [0.29, 0.717) is 6.04 Å². The van der Waals surface area contributed by atoms with Crippen LogP contribution < -0.4 is 4.74 Å². The molecule has 0 radical (unpaired) electrons. The van der Waals surface area contributed by atoms with Crippen molar-refractivity contribution in [2.75, 3.05) is 12.9 Å². The van der Waals surface area contributed by atoms with E-state index in [0.717, 1.165) is 28.8 Å². The van der Waals surface area contributed by atoms with Crippen LogP contribution in [0.1, 0.15) is 36.7 Å². The zero-order chi connectivity index (χ0) is 19.1. The Morgan fingerprint density at radius 1 is 1.11 bits per heavy atom. The van der Waals surface area contributed by atoms with Crippen molar-refractivity contribution < 1.29 is 4.74 Å². The zero-order valence-electron chi connectivity index (χ0n) is 16.1. The number of aromatic nitrogens is 1. The van der Waals surface area contributed by atoms with Crippen molar-refractivity contribution in [2.24, 2.45) is 4.99 Å². The summed E-state index contributed by atoms with van der Waals surface area (Å²) in [6.45, 7) is 2.26. The predicted octanol–water partition coefficient (Wildman–Crippen LogP) is 5.22. The molecule has 3 aromatic rings. The number of thioether (sulfide) groups is 1. The molecule has 1 fully saturated rings. The summed E-state index contributed by atoms with van der Waals surface area (Å²) in [6.07, 6.45) is 2.96. The summed E-state index contributed by atoms with van der Waals surface area (Å²) in [5.74, 6) is 2.02. The molecule has 1 saturated heterocycles. The number of aliphatic imine (C=N–C) groups is 1. The van der Waals surface area contributed by atoms with Gasteiger partial charge < -0.3 is 9.64 Å². The predicted molar refractivity (Wildman–Crippen MR) is 116 cm³/mol. The Kier molecular flexibility index (Phi) is 4.47. The van der Waals surface area contributed by atoms with Crippen LogP contribution in [0.15, 0.2) is 65.8 Å². The van der Waals surface area contributed by atoms with Crippen LogP contribution in [0.2, 0.25) is 0 Å². The van der Waals surface area contributed by atoms with Crippen LogP contribution in [0, 0.1) is 0 Å². The number of ether oxygens (including phenoxy) is 1. The maximum absolute atomic E-state index is 5.86. The van der Waals surface area contributed by atoms with Gasteiger partial charge in [0.25, 0.3) is 0 Å². The first-order valence-electron chi connectivity index (χ1n) is 9.77. The molecular weight excluding hydrogens is 366 g/mol. The summed E-state index contributed by atoms with van der Waals surface area (Å²) < 4.78 is 5.86. The van der Waals surface area contributed by atoms with E-state index in [-0.39, 0.29) is 12.1 Å². The molecule has 5 rings (SSSR count). The highest BCUT2D eigenvalue weighted by molar-refractivity contribution is 8.14. The van der Waals surface area contributed by atoms with Gasteiger partial charge >= 0.3 is 0 Å². The normalized spacial score (nSPS) is 23.7. The molecule has 2 aromatic carbocycles. The summed E-state index contributed by atoms with van der Waals surface area (Å²) >= 11 is 1.87. The summed E-state index contributed by atoms with van der Waals surface area (Å²) in [5.41, 5.74) is 2.23. The van der Waals surface area contributed by atoms with E-state index in [1.165, 1.54) is 16.3 Å². The molecule has 4 nitrogen and oxygen atoms in total. The van der Waals surface area contributed by atoms with Gasteiger partial charge in [0.05, 0.1) is 18.8 Å². The lowest BCUT2D eigenvalue weighted by molar-refractivity contribution is 0.250. The molecule has 0 N–H and O–H groups in total. The number of amidine groups is 1. The van der Waals surface area contributed by atoms with Gasteiger partial charge in [-0.15, -0.1) is 0 Å². The van der Waals surface area contributed by atoms with Gasteiger partial charge in [0.2, 0.25) is 0 Å². The third kappa shape index (κ3) is 2.68. The highest BCUT2D eigenvalue weighted by Crippen LogP contribution is 2.52. The summed E-state index contributed by atoms with van der Waals surface area (Å²) in [5, 5.41) is 3.60. The Hall–Kier alpha value is -2.53. The van der Waals surface area contributed by atoms with Crippen LogP contribution in [0.4, 0.5) is 0 Å². The van der Waals surface area contributed by atoms with Gasteiger partial charge in [0.1, 0.15) is 11.8 Å². The average Bonchev–Trinajstić information content (AvgIpc) is 3.32. The molecule has 0 spiro atoms. The van der Waals surface area contributed by atoms with Crippen LogP contribution in [0.5, 0.6) is 5.75 Å². The molecule has 0 saturated carbocycles. The molecular formula is C23H23N3OS. The molecule has 142 valence electrons. The van der Waals surface area contributed by atoms with Crippen LogP contribution >= 0.6 is 11.8 Å². The van der Waals surface area contributed by atoms with E-state index < -0.39 is 0 Å². The minimum Gasteiger partial charge on any atom is -0.496 e. The Labute approximate surface area is 169 Å². The zero-order valence-corrected chi connectivity index (χ0v) is 16.9. The molecule has 1 aromatic heterocycles. The Morgan fingerprint density at radius 3 is 2.75 bits per heavy atom. The molecule has 3 heterocycles. The summed E-state index contributed by atoms with van der Waals surface area (Å²) in [4.78, 5) is 12.3. The van der Waals surface area contributed by atoms with E-state index in [4.69, 9.17) is 9.73 Å². The van der Waals surface area contributed by atoms with Gasteiger partial charge in [0, 0.05) is 23.6 Å². The monoisotopic (exact) mass is 389 g/mol. The van der Waals surface area contributed by atoms with Crippen molar-refractivity contribution in [3.8, 4) is 5.75 Å². The number of hydrogen-bond donors (Lipinski definition) is 0. The second-order valence-electron chi connectivity index (χ2n) is 7.24. The fraction of sp³-hybridized carbons (Fsp3) is 0.304. The van der Waals surface area contributed by atoms with Crippen molar-refractivity contribution in [3.05, 3.63) is 72.1 Å². The second-order valence-corrected chi connectivity index (χ2v) is 8.23. The van der Waals surface area contributed by atoms with Crippen molar-refractivity contribution in [1.82, 2.24) is 9.88 Å². The van der Waals surface area contributed by atoms with Gasteiger partial charge in [-0.3, -0.25) is 9.98 Å². The minimum atomic E-state index is -0.0299. The first kappa shape index (κ1) is 17.6. The van der Waals surface area contributed by atoms with Crippen molar-refractivity contribution in [2.45, 2.75) is 31.5 Å². The molecule has 0 unspecified atom stereocenters. The number of pyridine rings is 1. The number of methoxy groups -OCH3 is 1. The van der Waals surface area contributed by atoms with Gasteiger partial charge in [-0.05, 0) is 35.4 Å². The Balaban J connectivity index is 1.75. The van der Waals surface area contributed by atoms with Crippen LogP contribution in [-0.4, -0.2) is 34.0 Å². The quantitative estimate of drug-likeness (QED) is 0.613. The topological polar surface area (TPSA) is 37.7 Å². The average molecular weight is 390 g/mol. The Bertz CT molecular complexity index is 1040. The smallest absolute Gasteiger partial charge is 0.160 e. The van der Waals surface area contributed by atoms with E-state index in [1.807, 2.05) is 30.1 Å². The Morgan fingerprint density at radius 2 is 1.96 bits per heavy atom. The molecule has 2 aliphatic rings. The number of benzene rings is 2. The number of hydrogen-bond acceptors (Lipinski definition) is 5. The SMILES string of the molecule is CC[C@H]1CSC2=N[C@H](c3ccccn3)[C@@H](c3c(OC)ccc4ccccc34)N21. The van der Waals surface area contributed by atoms with Crippen molar-refractivity contribution in [1.29, 1.82) is 0 Å². The highest BCUT2D eigenvalue weighted by atomic mass is 32.2. The minimum absolute atomic E-state index is 0.0299. The molecule has 5 heteroatoms. The number of fused-ring (bicyclic) bond motifs is 2. The van der Waals surface area contributed by atoms with Crippen LogP contribution in [0.25, 0.3) is 10.8 Å². The third-order valence-electron chi connectivity index (χ3n) is 5.78. The number of rotatable bonds is 4. The van der Waals surface area contributed by atoms with Crippen LogP contribution in [0.3, 0.4) is 0 Å². The van der Waals surface area contributed by atoms with E-state index in [9.17, 15) is 0 Å². The second kappa shape index (κ2) is 7.13. The maximum Gasteiger partial charge on any atom is 0.160 e. The van der Waals surface area contributed by atoms with Gasteiger partial charge in [-0.2, -0.15) is 0 Å². The summed E-state index contributed by atoms with van der Waals surface area (Å²) in [6, 6.07) is 19.4. The number of nitrogens with zero attached hydrogens (tertiary/aromatic N) is 3.